The summed E-state index contributed by atoms with van der Waals surface area (Å²) in [6, 6.07) is 12.3. The molecule has 3 rings (SSSR count). The van der Waals surface area contributed by atoms with E-state index in [-0.39, 0.29) is 18.3 Å². The molecule has 0 atom stereocenters. The molecule has 40 heavy (non-hydrogen) atoms. The first-order valence-corrected chi connectivity index (χ1v) is 16.0. The third-order valence-corrected chi connectivity index (χ3v) is 7.97. The summed E-state index contributed by atoms with van der Waals surface area (Å²) in [6.07, 6.45) is 17.5. The number of carbonyl (C=O) groups excluding carboxylic acids is 1. The summed E-state index contributed by atoms with van der Waals surface area (Å²) in [4.78, 5) is 16.0. The van der Waals surface area contributed by atoms with Crippen molar-refractivity contribution in [3.63, 3.8) is 0 Å². The van der Waals surface area contributed by atoms with Crippen LogP contribution in [0.5, 0.6) is 11.5 Å². The van der Waals surface area contributed by atoms with E-state index < -0.39 is 5.82 Å². The van der Waals surface area contributed by atoms with Gasteiger partial charge in [-0.2, -0.15) is 0 Å². The number of amides is 1. The molecule has 2 aromatic carbocycles. The van der Waals surface area contributed by atoms with Crippen LogP contribution < -0.4 is 14.8 Å². The van der Waals surface area contributed by atoms with E-state index in [9.17, 15) is 9.18 Å². The van der Waals surface area contributed by atoms with Crippen LogP contribution in [0.15, 0.2) is 53.6 Å². The highest BCUT2D eigenvalue weighted by Crippen LogP contribution is 2.26. The zero-order valence-electron chi connectivity index (χ0n) is 24.4. The molecule has 0 saturated carbocycles. The molecule has 1 aliphatic rings. The fraction of sp³-hybridized carbons (Fsp3) is 0.545. The van der Waals surface area contributed by atoms with Crippen molar-refractivity contribution in [3.05, 3.63) is 65.0 Å². The summed E-state index contributed by atoms with van der Waals surface area (Å²) in [6.45, 7) is 5.45. The molecule has 1 amide bonds. The summed E-state index contributed by atoms with van der Waals surface area (Å²) >= 11 is 1.82. The number of benzene rings is 2. The van der Waals surface area contributed by atoms with Crippen molar-refractivity contribution in [1.29, 1.82) is 0 Å². The Morgan fingerprint density at radius 2 is 1.62 bits per heavy atom. The average Bonchev–Trinajstić information content (AvgIpc) is 3.35. The van der Waals surface area contributed by atoms with Crippen LogP contribution in [0, 0.1) is 5.82 Å². The Kier molecular flexibility index (Phi) is 14.8. The minimum atomic E-state index is -0.478. The third-order valence-electron chi connectivity index (χ3n) is 6.95. The molecule has 1 heterocycles. The summed E-state index contributed by atoms with van der Waals surface area (Å²) < 4.78 is 25.6. The van der Waals surface area contributed by atoms with E-state index in [1.165, 1.54) is 75.2 Å². The minimum Gasteiger partial charge on any atom is -0.491 e. The SMILES string of the molecule is CCCCCCCCCCCCCCOc1ccc(OCC(=O)Nc2cccc(CN3C=C(C)SC3)c2)cc1F. The number of allylic oxidation sites excluding steroid dienone is 1. The second-order valence-corrected chi connectivity index (χ2v) is 11.8. The zero-order valence-corrected chi connectivity index (χ0v) is 25.2. The molecule has 0 unspecified atom stereocenters. The topological polar surface area (TPSA) is 50.8 Å². The van der Waals surface area contributed by atoms with E-state index >= 15 is 0 Å². The van der Waals surface area contributed by atoms with E-state index in [1.54, 1.807) is 12.1 Å². The Labute approximate surface area is 244 Å². The van der Waals surface area contributed by atoms with Crippen LogP contribution in [0.25, 0.3) is 0 Å². The van der Waals surface area contributed by atoms with Gasteiger partial charge in [0.2, 0.25) is 0 Å². The predicted octanol–water partition coefficient (Wildman–Crippen LogP) is 9.29. The molecule has 0 spiro atoms. The van der Waals surface area contributed by atoms with E-state index in [2.05, 4.69) is 30.3 Å². The van der Waals surface area contributed by atoms with Gasteiger partial charge in [0.25, 0.3) is 5.91 Å². The zero-order chi connectivity index (χ0) is 28.4. The summed E-state index contributed by atoms with van der Waals surface area (Å²) in [5.41, 5.74) is 1.83. The van der Waals surface area contributed by atoms with Gasteiger partial charge in [-0.15, -0.1) is 11.8 Å². The van der Waals surface area contributed by atoms with Crippen LogP contribution in [-0.4, -0.2) is 29.9 Å². The van der Waals surface area contributed by atoms with Gasteiger partial charge in [-0.05, 0) is 48.1 Å². The highest BCUT2D eigenvalue weighted by atomic mass is 32.2. The maximum atomic E-state index is 14.5. The van der Waals surface area contributed by atoms with Gasteiger partial charge >= 0.3 is 0 Å². The smallest absolute Gasteiger partial charge is 0.262 e. The van der Waals surface area contributed by atoms with Crippen molar-refractivity contribution >= 4 is 23.4 Å². The lowest BCUT2D eigenvalue weighted by molar-refractivity contribution is -0.118. The van der Waals surface area contributed by atoms with Crippen molar-refractivity contribution < 1.29 is 18.7 Å². The third kappa shape index (κ3) is 12.7. The molecule has 1 N–H and O–H groups in total. The lowest BCUT2D eigenvalue weighted by Gasteiger charge is -2.15. The number of ether oxygens (including phenoxy) is 2. The van der Waals surface area contributed by atoms with Crippen LogP contribution >= 0.6 is 11.8 Å². The Hall–Kier alpha value is -2.67. The molecule has 7 heteroatoms. The maximum absolute atomic E-state index is 14.5. The largest absolute Gasteiger partial charge is 0.491 e. The fourth-order valence-corrected chi connectivity index (χ4v) is 5.51. The number of thioether (sulfide) groups is 1. The monoisotopic (exact) mass is 570 g/mol. The average molecular weight is 571 g/mol. The first-order valence-electron chi connectivity index (χ1n) is 15.0. The normalized spacial score (nSPS) is 12.9. The first-order chi connectivity index (χ1) is 19.5. The van der Waals surface area contributed by atoms with Crippen LogP contribution in [0.1, 0.15) is 96.5 Å². The number of nitrogens with one attached hydrogen (secondary N) is 1. The fourth-order valence-electron chi connectivity index (χ4n) is 4.75. The maximum Gasteiger partial charge on any atom is 0.262 e. The molecule has 0 aliphatic carbocycles. The summed E-state index contributed by atoms with van der Waals surface area (Å²) in [5, 5.41) is 2.86. The van der Waals surface area contributed by atoms with Crippen molar-refractivity contribution in [2.75, 3.05) is 24.4 Å². The molecular formula is C33H47FN2O3S. The van der Waals surface area contributed by atoms with E-state index in [4.69, 9.17) is 9.47 Å². The number of halogens is 1. The molecule has 0 saturated heterocycles. The van der Waals surface area contributed by atoms with Crippen molar-refractivity contribution in [3.8, 4) is 11.5 Å². The molecule has 220 valence electrons. The molecular weight excluding hydrogens is 523 g/mol. The van der Waals surface area contributed by atoms with Gasteiger partial charge in [0.05, 0.1) is 12.5 Å². The van der Waals surface area contributed by atoms with Gasteiger partial charge in [0, 0.05) is 24.5 Å². The molecule has 0 fully saturated rings. The second kappa shape index (κ2) is 18.6. The number of nitrogens with zero attached hydrogens (tertiary/aromatic N) is 1. The van der Waals surface area contributed by atoms with Crippen molar-refractivity contribution in [1.82, 2.24) is 4.90 Å². The van der Waals surface area contributed by atoms with E-state index in [0.717, 1.165) is 30.8 Å². The first kappa shape index (κ1) is 31.9. The van der Waals surface area contributed by atoms with E-state index in [0.29, 0.717) is 18.0 Å². The molecule has 2 aromatic rings. The number of rotatable bonds is 20. The van der Waals surface area contributed by atoms with Crippen LogP contribution in [0.4, 0.5) is 10.1 Å². The molecule has 0 radical (unpaired) electrons. The number of anilines is 1. The second-order valence-electron chi connectivity index (χ2n) is 10.6. The number of hydrogen-bond donors (Lipinski definition) is 1. The van der Waals surface area contributed by atoms with Crippen LogP contribution in [-0.2, 0) is 11.3 Å². The van der Waals surface area contributed by atoms with Crippen molar-refractivity contribution in [2.24, 2.45) is 0 Å². The van der Waals surface area contributed by atoms with Gasteiger partial charge in [-0.1, -0.05) is 89.7 Å². The number of unbranched alkanes of at least 4 members (excludes halogenated alkanes) is 11. The van der Waals surface area contributed by atoms with Crippen LogP contribution in [0.2, 0.25) is 0 Å². The Morgan fingerprint density at radius 1 is 0.925 bits per heavy atom. The van der Waals surface area contributed by atoms with Gasteiger partial charge in [0.1, 0.15) is 5.75 Å². The minimum absolute atomic E-state index is 0.201. The Bertz CT molecular complexity index is 1060. The predicted molar refractivity (Wildman–Crippen MR) is 165 cm³/mol. The van der Waals surface area contributed by atoms with E-state index in [1.807, 2.05) is 36.0 Å². The van der Waals surface area contributed by atoms with Gasteiger partial charge in [-0.3, -0.25) is 4.79 Å². The highest BCUT2D eigenvalue weighted by molar-refractivity contribution is 8.03. The molecule has 1 aliphatic heterocycles. The quantitative estimate of drug-likeness (QED) is 0.161. The Balaban J connectivity index is 1.26. The van der Waals surface area contributed by atoms with Crippen LogP contribution in [0.3, 0.4) is 0 Å². The highest BCUT2D eigenvalue weighted by Gasteiger charge is 2.11. The van der Waals surface area contributed by atoms with Gasteiger partial charge < -0.3 is 19.7 Å². The van der Waals surface area contributed by atoms with Gasteiger partial charge in [0.15, 0.2) is 18.2 Å². The lowest BCUT2D eigenvalue weighted by atomic mass is 10.1. The van der Waals surface area contributed by atoms with Gasteiger partial charge in [-0.25, -0.2) is 4.39 Å². The molecule has 0 bridgehead atoms. The standard InChI is InChI=1S/C33H47FN2O3S/c1-3-4-5-6-7-8-9-10-11-12-13-14-20-38-32-19-18-30(22-31(32)34)39-25-33(37)35-29-17-15-16-28(21-29)24-36-23-27(2)40-26-36/h15-19,21-23H,3-14,20,24-26H2,1-2H3,(H,35,37). The van der Waals surface area contributed by atoms with Crippen molar-refractivity contribution in [2.45, 2.75) is 97.4 Å². The Morgan fingerprint density at radius 3 is 2.27 bits per heavy atom. The lowest BCUT2D eigenvalue weighted by Crippen LogP contribution is -2.20. The molecule has 0 aromatic heterocycles. The number of hydrogen-bond acceptors (Lipinski definition) is 5. The summed E-state index contributed by atoms with van der Waals surface area (Å²) in [7, 11) is 0. The molecule has 5 nitrogen and oxygen atoms in total. The summed E-state index contributed by atoms with van der Waals surface area (Å²) in [5.74, 6) is 0.688. The number of carbonyl (C=O) groups is 1.